The van der Waals surface area contributed by atoms with Crippen LogP contribution in [0.2, 0.25) is 10.0 Å². The number of amides is 1. The van der Waals surface area contributed by atoms with Gasteiger partial charge in [-0.25, -0.2) is 15.0 Å². The van der Waals surface area contributed by atoms with E-state index >= 15 is 0 Å². The van der Waals surface area contributed by atoms with Crippen LogP contribution in [0.5, 0.6) is 0 Å². The molecule has 25 heavy (non-hydrogen) atoms. The van der Waals surface area contributed by atoms with Crippen LogP contribution < -0.4 is 5.32 Å². The number of aromatic nitrogens is 3. The summed E-state index contributed by atoms with van der Waals surface area (Å²) in [5, 5.41) is 4.33. The molecule has 128 valence electrons. The summed E-state index contributed by atoms with van der Waals surface area (Å²) in [6, 6.07) is 6.99. The largest absolute Gasteiger partial charge is 0.375 e. The first-order chi connectivity index (χ1) is 12.0. The fraction of sp³-hybridized carbons (Fsp3) is 0.176. The van der Waals surface area contributed by atoms with Crippen molar-refractivity contribution < 1.29 is 9.53 Å². The minimum Gasteiger partial charge on any atom is -0.375 e. The fourth-order valence-corrected chi connectivity index (χ4v) is 2.99. The van der Waals surface area contributed by atoms with Crippen molar-refractivity contribution in [3.8, 4) is 11.1 Å². The van der Waals surface area contributed by atoms with Gasteiger partial charge < -0.3 is 10.1 Å². The lowest BCUT2D eigenvalue weighted by atomic mass is 10.0. The monoisotopic (exact) mass is 376 g/mol. The molecule has 0 bridgehead atoms. The predicted molar refractivity (Wildman–Crippen MR) is 98.0 cm³/mol. The normalized spacial score (nSPS) is 10.9. The Morgan fingerprint density at radius 2 is 1.96 bits per heavy atom. The zero-order chi connectivity index (χ0) is 18.0. The highest BCUT2D eigenvalue weighted by Crippen LogP contribution is 2.39. The minimum atomic E-state index is -0.343. The summed E-state index contributed by atoms with van der Waals surface area (Å²) < 4.78 is 4.86. The van der Waals surface area contributed by atoms with Gasteiger partial charge >= 0.3 is 0 Å². The van der Waals surface area contributed by atoms with E-state index < -0.39 is 0 Å². The van der Waals surface area contributed by atoms with E-state index in [2.05, 4.69) is 20.3 Å². The molecule has 1 aromatic carbocycles. The summed E-state index contributed by atoms with van der Waals surface area (Å²) >= 11 is 12.7. The molecule has 3 aromatic rings. The van der Waals surface area contributed by atoms with Gasteiger partial charge in [0.05, 0.1) is 10.0 Å². The summed E-state index contributed by atoms with van der Waals surface area (Å²) in [7, 11) is 1.44. The topological polar surface area (TPSA) is 77.0 Å². The Morgan fingerprint density at radius 1 is 1.24 bits per heavy atom. The number of carbonyl (C=O) groups excluding carboxylic acids is 1. The molecule has 1 amide bonds. The Hall–Kier alpha value is -2.28. The Balaban J connectivity index is 2.24. The highest BCUT2D eigenvalue weighted by molar-refractivity contribution is 6.39. The number of hydrogen-bond acceptors (Lipinski definition) is 5. The molecule has 1 N–H and O–H groups in total. The van der Waals surface area contributed by atoms with E-state index in [4.69, 9.17) is 27.9 Å². The Bertz CT molecular complexity index is 943. The first kappa shape index (κ1) is 17.5. The smallest absolute Gasteiger partial charge is 0.251 e. The van der Waals surface area contributed by atoms with Crippen molar-refractivity contribution in [3.63, 3.8) is 0 Å². The molecule has 0 aliphatic heterocycles. The van der Waals surface area contributed by atoms with E-state index in [1.165, 1.54) is 7.11 Å². The van der Waals surface area contributed by atoms with E-state index in [0.717, 1.165) is 0 Å². The lowest BCUT2D eigenvalue weighted by molar-refractivity contribution is -0.119. The molecule has 0 atom stereocenters. The number of benzene rings is 1. The van der Waals surface area contributed by atoms with Gasteiger partial charge in [-0.15, -0.1) is 0 Å². The van der Waals surface area contributed by atoms with E-state index in [0.29, 0.717) is 43.8 Å². The fourth-order valence-electron chi connectivity index (χ4n) is 2.39. The number of anilines is 1. The SMILES string of the molecule is COCC(=O)Nc1nc2nc(C)ncc2cc1-c1c(Cl)cccc1Cl. The standard InChI is InChI=1S/C17H14Cl2N4O2/c1-9-20-7-10-6-11(15-12(18)4-3-5-13(15)19)17(23-16(10)21-9)22-14(24)8-25-2/h3-7H,8H2,1-2H3,(H,20,21,22,23,24). The lowest BCUT2D eigenvalue weighted by Gasteiger charge is -2.14. The Kier molecular flexibility index (Phi) is 5.13. The number of rotatable bonds is 4. The molecule has 8 heteroatoms. The number of halogens is 2. The molecule has 2 heterocycles. The van der Waals surface area contributed by atoms with Gasteiger partial charge in [0.15, 0.2) is 5.65 Å². The van der Waals surface area contributed by atoms with Crippen LogP contribution in [0.4, 0.5) is 5.82 Å². The number of pyridine rings is 1. The van der Waals surface area contributed by atoms with E-state index in [9.17, 15) is 4.79 Å². The van der Waals surface area contributed by atoms with Gasteiger partial charge in [-0.3, -0.25) is 4.79 Å². The summed E-state index contributed by atoms with van der Waals surface area (Å²) in [6.07, 6.45) is 1.67. The van der Waals surface area contributed by atoms with E-state index in [1.54, 1.807) is 37.4 Å². The quantitative estimate of drug-likeness (QED) is 0.747. The van der Waals surface area contributed by atoms with Crippen molar-refractivity contribution >= 4 is 46.0 Å². The van der Waals surface area contributed by atoms with E-state index in [1.807, 2.05) is 0 Å². The molecule has 0 saturated heterocycles. The maximum absolute atomic E-state index is 12.0. The van der Waals surface area contributed by atoms with Crippen molar-refractivity contribution in [2.24, 2.45) is 0 Å². The van der Waals surface area contributed by atoms with Crippen molar-refractivity contribution in [1.29, 1.82) is 0 Å². The van der Waals surface area contributed by atoms with Crippen molar-refractivity contribution in [1.82, 2.24) is 15.0 Å². The Labute approximate surface area is 154 Å². The molecule has 0 aliphatic carbocycles. The van der Waals surface area contributed by atoms with Crippen LogP contribution in [0, 0.1) is 6.92 Å². The molecule has 6 nitrogen and oxygen atoms in total. The first-order valence-corrected chi connectivity index (χ1v) is 8.12. The highest BCUT2D eigenvalue weighted by atomic mass is 35.5. The number of hydrogen-bond donors (Lipinski definition) is 1. The maximum Gasteiger partial charge on any atom is 0.251 e. The molecule has 0 saturated carbocycles. The number of nitrogens with zero attached hydrogens (tertiary/aromatic N) is 3. The average Bonchev–Trinajstić information content (AvgIpc) is 2.55. The average molecular weight is 377 g/mol. The van der Waals surface area contributed by atoms with Gasteiger partial charge in [0.2, 0.25) is 0 Å². The van der Waals surface area contributed by atoms with Crippen LogP contribution in [-0.4, -0.2) is 34.6 Å². The van der Waals surface area contributed by atoms with Gasteiger partial charge in [-0.05, 0) is 25.1 Å². The molecular weight excluding hydrogens is 363 g/mol. The van der Waals surface area contributed by atoms with Crippen molar-refractivity contribution in [3.05, 3.63) is 46.3 Å². The number of fused-ring (bicyclic) bond motifs is 1. The second kappa shape index (κ2) is 7.31. The second-order valence-electron chi connectivity index (χ2n) is 5.29. The van der Waals surface area contributed by atoms with E-state index in [-0.39, 0.29) is 12.5 Å². The number of nitrogens with one attached hydrogen (secondary N) is 1. The Morgan fingerprint density at radius 3 is 2.64 bits per heavy atom. The molecule has 2 aromatic heterocycles. The van der Waals surface area contributed by atoms with Crippen LogP contribution >= 0.6 is 23.2 Å². The summed E-state index contributed by atoms with van der Waals surface area (Å²) in [4.78, 5) is 24.9. The summed E-state index contributed by atoms with van der Waals surface area (Å²) in [5.41, 5.74) is 1.63. The first-order valence-electron chi connectivity index (χ1n) is 7.37. The third kappa shape index (κ3) is 3.71. The van der Waals surface area contributed by atoms with Crippen LogP contribution in [0.15, 0.2) is 30.5 Å². The maximum atomic E-state index is 12.0. The number of methoxy groups -OCH3 is 1. The second-order valence-corrected chi connectivity index (χ2v) is 6.11. The van der Waals surface area contributed by atoms with Gasteiger partial charge in [0, 0.05) is 29.8 Å². The molecule has 0 radical (unpaired) electrons. The van der Waals surface area contributed by atoms with Crippen molar-refractivity contribution in [2.75, 3.05) is 19.0 Å². The third-order valence-corrected chi connectivity index (χ3v) is 4.08. The number of carbonyl (C=O) groups is 1. The molecule has 0 unspecified atom stereocenters. The third-order valence-electron chi connectivity index (χ3n) is 3.45. The van der Waals surface area contributed by atoms with Crippen LogP contribution in [0.3, 0.4) is 0 Å². The lowest BCUT2D eigenvalue weighted by Crippen LogP contribution is -2.18. The van der Waals surface area contributed by atoms with Crippen LogP contribution in [0.25, 0.3) is 22.2 Å². The van der Waals surface area contributed by atoms with Gasteiger partial charge in [0.1, 0.15) is 18.2 Å². The molecule has 3 rings (SSSR count). The minimum absolute atomic E-state index is 0.0990. The number of ether oxygens (including phenoxy) is 1. The van der Waals surface area contributed by atoms with Gasteiger partial charge in [0.25, 0.3) is 5.91 Å². The van der Waals surface area contributed by atoms with Gasteiger partial charge in [-0.2, -0.15) is 0 Å². The summed E-state index contributed by atoms with van der Waals surface area (Å²) in [5.74, 6) is 0.546. The zero-order valence-corrected chi connectivity index (χ0v) is 15.0. The van der Waals surface area contributed by atoms with Crippen LogP contribution in [0.1, 0.15) is 5.82 Å². The van der Waals surface area contributed by atoms with Gasteiger partial charge in [-0.1, -0.05) is 29.3 Å². The predicted octanol–water partition coefficient (Wildman–Crippen LogP) is 3.89. The molecule has 0 spiro atoms. The van der Waals surface area contributed by atoms with Crippen molar-refractivity contribution in [2.45, 2.75) is 6.92 Å². The molecular formula is C17H14Cl2N4O2. The zero-order valence-electron chi connectivity index (χ0n) is 13.5. The van der Waals surface area contributed by atoms with Crippen LogP contribution in [-0.2, 0) is 9.53 Å². The molecule has 0 fully saturated rings. The molecule has 0 aliphatic rings. The highest BCUT2D eigenvalue weighted by Gasteiger charge is 2.17. The number of aryl methyl sites for hydroxylation is 1. The summed E-state index contributed by atoms with van der Waals surface area (Å²) in [6.45, 7) is 1.67.